The number of amides is 1. The lowest BCUT2D eigenvalue weighted by atomic mass is 9.74. The molecule has 1 amide bonds. The molecule has 7 nitrogen and oxygen atoms in total. The summed E-state index contributed by atoms with van der Waals surface area (Å²) in [5, 5.41) is 20.3. The third-order valence-electron chi connectivity index (χ3n) is 3.52. The van der Waals surface area contributed by atoms with Gasteiger partial charge in [-0.15, -0.1) is 0 Å². The summed E-state index contributed by atoms with van der Waals surface area (Å²) in [6.45, 7) is 0. The normalized spacial score (nSPS) is 15.5. The van der Waals surface area contributed by atoms with Crippen LogP contribution in [0.3, 0.4) is 0 Å². The van der Waals surface area contributed by atoms with Crippen molar-refractivity contribution in [2.45, 2.75) is 31.1 Å². The van der Waals surface area contributed by atoms with Crippen LogP contribution in [0.25, 0.3) is 0 Å². The van der Waals surface area contributed by atoms with Crippen molar-refractivity contribution in [1.82, 2.24) is 4.98 Å². The maximum absolute atomic E-state index is 12.2. The van der Waals surface area contributed by atoms with Gasteiger partial charge in [-0.05, 0) is 18.9 Å². The molecule has 0 saturated carbocycles. The predicted molar refractivity (Wildman–Crippen MR) is 68.3 cm³/mol. The molecule has 0 radical (unpaired) electrons. The van der Waals surface area contributed by atoms with Gasteiger partial charge >= 0.3 is 11.9 Å². The molecule has 7 heteroatoms. The van der Waals surface area contributed by atoms with Crippen molar-refractivity contribution in [2.75, 3.05) is 5.32 Å². The number of fused-ring (bicyclic) bond motifs is 1. The summed E-state index contributed by atoms with van der Waals surface area (Å²) in [7, 11) is 0. The number of hydrogen-bond acceptors (Lipinski definition) is 4. The molecule has 0 fully saturated rings. The van der Waals surface area contributed by atoms with E-state index >= 15 is 0 Å². The molecule has 0 saturated heterocycles. The number of carboxylic acids is 2. The lowest BCUT2D eigenvalue weighted by Crippen LogP contribution is -2.35. The second-order valence-corrected chi connectivity index (χ2v) is 4.72. The number of hydrogen-bond donors (Lipinski definition) is 3. The fourth-order valence-corrected chi connectivity index (χ4v) is 2.50. The van der Waals surface area contributed by atoms with E-state index in [1.54, 1.807) is 12.1 Å². The van der Waals surface area contributed by atoms with Crippen molar-refractivity contribution in [1.29, 1.82) is 0 Å². The molecule has 1 aromatic rings. The number of aromatic nitrogens is 1. The Morgan fingerprint density at radius 3 is 2.35 bits per heavy atom. The number of carbonyl (C=O) groups excluding carboxylic acids is 1. The minimum atomic E-state index is -1.12. The summed E-state index contributed by atoms with van der Waals surface area (Å²) in [6, 6.07) is 3.33. The van der Waals surface area contributed by atoms with Gasteiger partial charge in [0, 0.05) is 24.6 Å². The van der Waals surface area contributed by atoms with Crippen LogP contribution < -0.4 is 5.32 Å². The highest BCUT2D eigenvalue weighted by molar-refractivity contribution is 6.05. The fourth-order valence-electron chi connectivity index (χ4n) is 2.50. The summed E-state index contributed by atoms with van der Waals surface area (Å²) in [6.07, 6.45) is 1.21. The number of carbonyl (C=O) groups is 3. The van der Waals surface area contributed by atoms with Gasteiger partial charge in [0.15, 0.2) is 0 Å². The number of pyridine rings is 1. The van der Waals surface area contributed by atoms with Gasteiger partial charge in [-0.25, -0.2) is 4.98 Å². The van der Waals surface area contributed by atoms with Crippen LogP contribution in [0.1, 0.15) is 31.2 Å². The van der Waals surface area contributed by atoms with Crippen LogP contribution in [0.2, 0.25) is 0 Å². The van der Waals surface area contributed by atoms with Crippen molar-refractivity contribution >= 4 is 23.7 Å². The van der Waals surface area contributed by atoms with Gasteiger partial charge in [0.05, 0.1) is 5.41 Å². The van der Waals surface area contributed by atoms with Crippen LogP contribution >= 0.6 is 0 Å². The van der Waals surface area contributed by atoms with E-state index in [0.29, 0.717) is 11.4 Å². The monoisotopic (exact) mass is 278 g/mol. The fraction of sp³-hybridized carbons (Fsp3) is 0.385. The van der Waals surface area contributed by atoms with E-state index in [0.717, 1.165) is 0 Å². The molecule has 1 aliphatic rings. The van der Waals surface area contributed by atoms with Gasteiger partial charge in [-0.2, -0.15) is 0 Å². The van der Waals surface area contributed by atoms with Crippen molar-refractivity contribution in [3.8, 4) is 0 Å². The van der Waals surface area contributed by atoms with E-state index in [4.69, 9.17) is 10.2 Å². The Balaban J connectivity index is 2.37. The third-order valence-corrected chi connectivity index (χ3v) is 3.52. The Morgan fingerprint density at radius 2 is 1.80 bits per heavy atom. The molecule has 0 atom stereocenters. The van der Waals surface area contributed by atoms with Crippen LogP contribution in [0, 0.1) is 0 Å². The van der Waals surface area contributed by atoms with Crippen molar-refractivity contribution in [2.24, 2.45) is 0 Å². The number of aliphatic carboxylic acids is 2. The summed E-state index contributed by atoms with van der Waals surface area (Å²) in [5.74, 6) is -2.04. The first-order valence-corrected chi connectivity index (χ1v) is 6.16. The minimum absolute atomic E-state index is 0.0557. The van der Waals surface area contributed by atoms with E-state index in [-0.39, 0.29) is 31.6 Å². The predicted octanol–water partition coefficient (Wildman–Crippen LogP) is 1.00. The van der Waals surface area contributed by atoms with E-state index in [1.807, 2.05) is 0 Å². The van der Waals surface area contributed by atoms with Crippen molar-refractivity contribution in [3.63, 3.8) is 0 Å². The molecule has 0 aliphatic carbocycles. The van der Waals surface area contributed by atoms with E-state index in [2.05, 4.69) is 10.3 Å². The molecule has 3 N–H and O–H groups in total. The zero-order chi connectivity index (χ0) is 14.8. The smallest absolute Gasteiger partial charge is 0.303 e. The Hall–Kier alpha value is -2.44. The molecule has 20 heavy (non-hydrogen) atoms. The Bertz CT molecular complexity index is 552. The molecule has 0 aromatic carbocycles. The van der Waals surface area contributed by atoms with Gasteiger partial charge in [-0.1, -0.05) is 6.07 Å². The standard InChI is InChI=1S/C13H14N2O5/c16-9(17)3-5-13(6-4-10(18)19)8-2-1-7-14-11(8)15-12(13)20/h1-2,7H,3-6H2,(H,16,17)(H,18,19)(H,14,15,20). The SMILES string of the molecule is O=C(O)CCC1(CCC(=O)O)C(=O)Nc2ncccc21. The van der Waals surface area contributed by atoms with Gasteiger partial charge in [0.1, 0.15) is 5.82 Å². The summed E-state index contributed by atoms with van der Waals surface area (Å²) < 4.78 is 0. The highest BCUT2D eigenvalue weighted by atomic mass is 16.4. The minimum Gasteiger partial charge on any atom is -0.481 e. The molecule has 2 rings (SSSR count). The molecular weight excluding hydrogens is 264 g/mol. The quantitative estimate of drug-likeness (QED) is 0.714. The number of rotatable bonds is 6. The Morgan fingerprint density at radius 1 is 1.20 bits per heavy atom. The summed E-state index contributed by atoms with van der Waals surface area (Å²) in [4.78, 5) is 37.9. The van der Waals surface area contributed by atoms with E-state index in [9.17, 15) is 14.4 Å². The molecule has 1 aliphatic heterocycles. The zero-order valence-electron chi connectivity index (χ0n) is 10.6. The average molecular weight is 278 g/mol. The first-order chi connectivity index (χ1) is 9.45. The first-order valence-electron chi connectivity index (χ1n) is 6.16. The second-order valence-electron chi connectivity index (χ2n) is 4.72. The van der Waals surface area contributed by atoms with Crippen LogP contribution in [0.5, 0.6) is 0 Å². The molecule has 106 valence electrons. The highest BCUT2D eigenvalue weighted by Gasteiger charge is 2.47. The maximum Gasteiger partial charge on any atom is 0.303 e. The molecule has 1 aromatic heterocycles. The topological polar surface area (TPSA) is 117 Å². The highest BCUT2D eigenvalue weighted by Crippen LogP contribution is 2.43. The van der Waals surface area contributed by atoms with Crippen molar-refractivity contribution < 1.29 is 24.6 Å². The van der Waals surface area contributed by atoms with Gasteiger partial charge in [-0.3, -0.25) is 14.4 Å². The maximum atomic E-state index is 12.2. The van der Waals surface area contributed by atoms with Crippen molar-refractivity contribution in [3.05, 3.63) is 23.9 Å². The Labute approximate surface area is 114 Å². The summed E-state index contributed by atoms with van der Waals surface area (Å²) >= 11 is 0. The van der Waals surface area contributed by atoms with Crippen LogP contribution in [-0.2, 0) is 19.8 Å². The first kappa shape index (κ1) is 14.0. The summed E-state index contributed by atoms with van der Waals surface area (Å²) in [5.41, 5.74) is -0.548. The second kappa shape index (κ2) is 5.28. The van der Waals surface area contributed by atoms with Gasteiger partial charge in [0.25, 0.3) is 0 Å². The largest absolute Gasteiger partial charge is 0.481 e. The number of nitrogens with zero attached hydrogens (tertiary/aromatic N) is 1. The molecule has 0 spiro atoms. The Kier molecular flexibility index (Phi) is 3.69. The van der Waals surface area contributed by atoms with Gasteiger partial charge < -0.3 is 15.5 Å². The van der Waals surface area contributed by atoms with Gasteiger partial charge in [0.2, 0.25) is 5.91 Å². The lowest BCUT2D eigenvalue weighted by molar-refractivity contribution is -0.137. The number of carboxylic acid groups (broad SMARTS) is 2. The van der Waals surface area contributed by atoms with Crippen LogP contribution in [-0.4, -0.2) is 33.0 Å². The number of anilines is 1. The number of nitrogens with one attached hydrogen (secondary N) is 1. The third kappa shape index (κ3) is 2.47. The molecule has 0 unspecified atom stereocenters. The van der Waals surface area contributed by atoms with E-state index in [1.165, 1.54) is 6.20 Å². The average Bonchev–Trinajstić information content (AvgIpc) is 2.67. The van der Waals surface area contributed by atoms with Crippen LogP contribution in [0.15, 0.2) is 18.3 Å². The molecular formula is C13H14N2O5. The van der Waals surface area contributed by atoms with E-state index < -0.39 is 17.4 Å². The molecule has 0 bridgehead atoms. The van der Waals surface area contributed by atoms with Crippen LogP contribution in [0.4, 0.5) is 5.82 Å². The lowest BCUT2D eigenvalue weighted by Gasteiger charge is -2.25. The zero-order valence-corrected chi connectivity index (χ0v) is 10.6. The molecule has 2 heterocycles.